The predicted octanol–water partition coefficient (Wildman–Crippen LogP) is 1.57. The van der Waals surface area contributed by atoms with Crippen LogP contribution in [0.4, 0.5) is 16.0 Å². The second kappa shape index (κ2) is 7.71. The highest BCUT2D eigenvalue weighted by atomic mass is 19.1. The third-order valence-electron chi connectivity index (χ3n) is 5.55. The van der Waals surface area contributed by atoms with Crippen molar-refractivity contribution < 1.29 is 9.18 Å². The number of amides is 1. The van der Waals surface area contributed by atoms with Crippen molar-refractivity contribution in [1.29, 1.82) is 0 Å². The van der Waals surface area contributed by atoms with Crippen molar-refractivity contribution in [1.82, 2.24) is 14.9 Å². The number of hydrogen-bond acceptors (Lipinski definition) is 5. The van der Waals surface area contributed by atoms with Crippen LogP contribution < -0.4 is 15.4 Å². The van der Waals surface area contributed by atoms with Crippen molar-refractivity contribution in [3.8, 4) is 0 Å². The van der Waals surface area contributed by atoms with Crippen LogP contribution in [0.25, 0.3) is 0 Å². The number of nitrogens with zero attached hydrogens (tertiary/aromatic N) is 4. The molecule has 2 aliphatic rings. The molecule has 28 heavy (non-hydrogen) atoms. The molecule has 3 heterocycles. The molecule has 148 valence electrons. The van der Waals surface area contributed by atoms with E-state index in [-0.39, 0.29) is 29.6 Å². The molecular formula is C20H24FN5O2. The molecule has 2 saturated heterocycles. The fourth-order valence-electron chi connectivity index (χ4n) is 3.87. The molecule has 4 rings (SSSR count). The van der Waals surface area contributed by atoms with Gasteiger partial charge in [0.1, 0.15) is 5.82 Å². The monoisotopic (exact) mass is 385 g/mol. The van der Waals surface area contributed by atoms with Gasteiger partial charge in [-0.3, -0.25) is 14.6 Å². The molecule has 2 aromatic rings. The summed E-state index contributed by atoms with van der Waals surface area (Å²) in [4.78, 5) is 38.3. The van der Waals surface area contributed by atoms with Crippen molar-refractivity contribution >= 4 is 17.5 Å². The fourth-order valence-corrected chi connectivity index (χ4v) is 3.87. The average Bonchev–Trinajstić information content (AvgIpc) is 3.10. The molecule has 1 unspecified atom stereocenters. The number of hydrogen-bond donors (Lipinski definition) is 1. The maximum atomic E-state index is 13.2. The minimum absolute atomic E-state index is 0.0446. The molecule has 0 aliphatic carbocycles. The predicted molar refractivity (Wildman–Crippen MR) is 105 cm³/mol. The first-order valence-corrected chi connectivity index (χ1v) is 9.68. The second-order valence-electron chi connectivity index (χ2n) is 7.30. The van der Waals surface area contributed by atoms with Gasteiger partial charge in [0.25, 0.3) is 5.56 Å². The maximum absolute atomic E-state index is 13.2. The number of halogens is 1. The number of carbonyl (C=O) groups excluding carboxylic acids is 1. The van der Waals surface area contributed by atoms with E-state index in [4.69, 9.17) is 0 Å². The zero-order valence-electron chi connectivity index (χ0n) is 15.9. The average molecular weight is 385 g/mol. The van der Waals surface area contributed by atoms with Gasteiger partial charge in [0.05, 0.1) is 5.69 Å². The van der Waals surface area contributed by atoms with Gasteiger partial charge in [0.2, 0.25) is 11.9 Å². The largest absolute Gasteiger partial charge is 0.340 e. The first-order valence-electron chi connectivity index (χ1n) is 9.68. The summed E-state index contributed by atoms with van der Waals surface area (Å²) in [5, 5.41) is 0. The van der Waals surface area contributed by atoms with Gasteiger partial charge < -0.3 is 14.7 Å². The zero-order valence-corrected chi connectivity index (χ0v) is 15.9. The van der Waals surface area contributed by atoms with Gasteiger partial charge >= 0.3 is 0 Å². The molecule has 1 aromatic heterocycles. The third kappa shape index (κ3) is 3.77. The summed E-state index contributed by atoms with van der Waals surface area (Å²) in [6.07, 6.45) is 0.289. The van der Waals surface area contributed by atoms with Crippen LogP contribution in [-0.2, 0) is 4.79 Å². The van der Waals surface area contributed by atoms with Gasteiger partial charge in [0, 0.05) is 56.8 Å². The lowest BCUT2D eigenvalue weighted by molar-refractivity contribution is -0.117. The van der Waals surface area contributed by atoms with Gasteiger partial charge in [-0.25, -0.2) is 9.37 Å². The van der Waals surface area contributed by atoms with E-state index in [2.05, 4.69) is 26.7 Å². The lowest BCUT2D eigenvalue weighted by atomic mass is 10.0. The Hall–Kier alpha value is -2.74. The molecule has 2 fully saturated rings. The molecule has 0 radical (unpaired) electrons. The number of benzene rings is 1. The number of likely N-dealkylation sites (N-methyl/N-ethyl adjacent to an activating group) is 1. The Labute approximate surface area is 162 Å². The molecule has 2 aliphatic heterocycles. The van der Waals surface area contributed by atoms with Crippen molar-refractivity contribution in [2.24, 2.45) is 0 Å². The highest BCUT2D eigenvalue weighted by Gasteiger charge is 2.33. The van der Waals surface area contributed by atoms with Crippen LogP contribution in [0, 0.1) is 5.82 Å². The number of H-pyrrole nitrogens is 1. The summed E-state index contributed by atoms with van der Waals surface area (Å²) in [6.45, 7) is 7.08. The molecule has 7 nitrogen and oxygen atoms in total. The molecule has 8 heteroatoms. The molecule has 1 amide bonds. The van der Waals surface area contributed by atoms with E-state index < -0.39 is 0 Å². The molecule has 1 aromatic carbocycles. The Morgan fingerprint density at radius 1 is 1.14 bits per heavy atom. The van der Waals surface area contributed by atoms with E-state index in [9.17, 15) is 14.0 Å². The number of piperazine rings is 1. The summed E-state index contributed by atoms with van der Waals surface area (Å²) < 4.78 is 13.2. The van der Waals surface area contributed by atoms with Crippen molar-refractivity contribution in [2.75, 3.05) is 49.1 Å². The molecule has 0 spiro atoms. The number of anilines is 2. The van der Waals surface area contributed by atoms with Crippen LogP contribution in [-0.4, -0.2) is 60.0 Å². The number of nitrogens with one attached hydrogen (secondary N) is 1. The summed E-state index contributed by atoms with van der Waals surface area (Å²) in [6, 6.07) is 7.36. The second-order valence-corrected chi connectivity index (χ2v) is 7.30. The lowest BCUT2D eigenvalue weighted by Crippen LogP contribution is -2.47. The number of aromatic amines is 1. The first kappa shape index (κ1) is 18.6. The summed E-state index contributed by atoms with van der Waals surface area (Å²) in [5.74, 6) is 0.0364. The SMILES string of the molecule is CCN1CCN(c2nc(C3CC(=O)N(c4ccc(F)cc4)C3)cc(=O)[nH]2)CC1. The van der Waals surface area contributed by atoms with Crippen molar-refractivity contribution in [3.05, 3.63) is 52.2 Å². The van der Waals surface area contributed by atoms with Gasteiger partial charge in [-0.2, -0.15) is 0 Å². The fraction of sp³-hybridized carbons (Fsp3) is 0.450. The van der Waals surface area contributed by atoms with E-state index in [1.807, 2.05) is 0 Å². The highest BCUT2D eigenvalue weighted by molar-refractivity contribution is 5.96. The summed E-state index contributed by atoms with van der Waals surface area (Å²) >= 11 is 0. The lowest BCUT2D eigenvalue weighted by Gasteiger charge is -2.34. The highest BCUT2D eigenvalue weighted by Crippen LogP contribution is 2.31. The normalized spacial score (nSPS) is 20.8. The van der Waals surface area contributed by atoms with Crippen molar-refractivity contribution in [3.63, 3.8) is 0 Å². The molecule has 0 saturated carbocycles. The first-order chi connectivity index (χ1) is 13.5. The van der Waals surface area contributed by atoms with Gasteiger partial charge in [-0.15, -0.1) is 0 Å². The van der Waals surface area contributed by atoms with Gasteiger partial charge in [-0.1, -0.05) is 6.92 Å². The standard InChI is InChI=1S/C20H24FN5O2/c1-2-24-7-9-25(10-8-24)20-22-17(12-18(27)23-20)14-11-19(28)26(13-14)16-5-3-15(21)4-6-16/h3-6,12,14H,2,7-11,13H2,1H3,(H,22,23,27). The van der Waals surface area contributed by atoms with Crippen LogP contribution >= 0.6 is 0 Å². The van der Waals surface area contributed by atoms with Crippen LogP contribution in [0.15, 0.2) is 35.1 Å². The molecular weight excluding hydrogens is 361 g/mol. The quantitative estimate of drug-likeness (QED) is 0.865. The minimum atomic E-state index is -0.337. The van der Waals surface area contributed by atoms with Crippen LogP contribution in [0.5, 0.6) is 0 Å². The maximum Gasteiger partial charge on any atom is 0.252 e. The van der Waals surface area contributed by atoms with Crippen LogP contribution in [0.1, 0.15) is 25.0 Å². The number of rotatable bonds is 4. The summed E-state index contributed by atoms with van der Waals surface area (Å²) in [5.41, 5.74) is 1.09. The van der Waals surface area contributed by atoms with Crippen molar-refractivity contribution in [2.45, 2.75) is 19.3 Å². The molecule has 0 bridgehead atoms. The Bertz CT molecular complexity index is 906. The number of aromatic nitrogens is 2. The van der Waals surface area contributed by atoms with E-state index in [0.29, 0.717) is 23.9 Å². The van der Waals surface area contributed by atoms with Gasteiger partial charge in [0.15, 0.2) is 0 Å². The van der Waals surface area contributed by atoms with E-state index in [1.165, 1.54) is 18.2 Å². The zero-order chi connectivity index (χ0) is 19.7. The Morgan fingerprint density at radius 2 is 1.86 bits per heavy atom. The number of carbonyl (C=O) groups is 1. The third-order valence-corrected chi connectivity index (χ3v) is 5.55. The molecule has 1 N–H and O–H groups in total. The Morgan fingerprint density at radius 3 is 2.54 bits per heavy atom. The van der Waals surface area contributed by atoms with Gasteiger partial charge in [-0.05, 0) is 30.8 Å². The minimum Gasteiger partial charge on any atom is -0.340 e. The smallest absolute Gasteiger partial charge is 0.252 e. The Kier molecular flexibility index (Phi) is 5.13. The molecule has 1 atom stereocenters. The Balaban J connectivity index is 1.53. The summed E-state index contributed by atoms with van der Waals surface area (Å²) in [7, 11) is 0. The van der Waals surface area contributed by atoms with Crippen LogP contribution in [0.2, 0.25) is 0 Å². The van der Waals surface area contributed by atoms with Crippen LogP contribution in [0.3, 0.4) is 0 Å². The van der Waals surface area contributed by atoms with E-state index in [0.717, 1.165) is 32.7 Å². The van der Waals surface area contributed by atoms with E-state index >= 15 is 0 Å². The topological polar surface area (TPSA) is 72.5 Å². The van der Waals surface area contributed by atoms with E-state index in [1.54, 1.807) is 17.0 Å².